The van der Waals surface area contributed by atoms with Gasteiger partial charge in [0.15, 0.2) is 0 Å². The molecule has 1 aliphatic carbocycles. The molecule has 1 aliphatic rings. The van der Waals surface area contributed by atoms with Gasteiger partial charge in [0, 0.05) is 23.4 Å². The normalized spacial score (nSPS) is 23.5. The highest BCUT2D eigenvalue weighted by Gasteiger charge is 2.38. The zero-order chi connectivity index (χ0) is 13.1. The van der Waals surface area contributed by atoms with Crippen LogP contribution in [0.15, 0.2) is 24.3 Å². The summed E-state index contributed by atoms with van der Waals surface area (Å²) in [6.07, 6.45) is 0.979. The number of benzene rings is 1. The van der Waals surface area contributed by atoms with Gasteiger partial charge in [0.1, 0.15) is 0 Å². The van der Waals surface area contributed by atoms with Crippen molar-refractivity contribution in [2.45, 2.75) is 19.3 Å². The molecule has 0 aromatic heterocycles. The topological polar surface area (TPSA) is 49.3 Å². The summed E-state index contributed by atoms with van der Waals surface area (Å²) in [5.74, 6) is 0.678. The monoisotopic (exact) mass is 267 g/mol. The van der Waals surface area contributed by atoms with Gasteiger partial charge in [-0.1, -0.05) is 30.7 Å². The minimum absolute atomic E-state index is 0.000836. The lowest BCUT2D eigenvalue weighted by Gasteiger charge is -2.15. The van der Waals surface area contributed by atoms with E-state index in [1.54, 1.807) is 6.07 Å². The Hall–Kier alpha value is -1.06. The van der Waals surface area contributed by atoms with E-state index in [1.807, 2.05) is 18.2 Å². The maximum atomic E-state index is 11.7. The lowest BCUT2D eigenvalue weighted by molar-refractivity contribution is -0.122. The molecule has 2 rings (SSSR count). The lowest BCUT2D eigenvalue weighted by Crippen LogP contribution is -2.31. The molecule has 0 bridgehead atoms. The van der Waals surface area contributed by atoms with Crippen molar-refractivity contribution >= 4 is 17.5 Å². The molecule has 1 fully saturated rings. The molecule has 0 aliphatic heterocycles. The number of aliphatic hydroxyl groups is 1. The summed E-state index contributed by atoms with van der Waals surface area (Å²) in [6, 6.07) is 7.39. The van der Waals surface area contributed by atoms with Crippen LogP contribution >= 0.6 is 11.6 Å². The molecule has 1 aromatic rings. The van der Waals surface area contributed by atoms with Crippen LogP contribution in [0.4, 0.5) is 0 Å². The number of halogens is 1. The van der Waals surface area contributed by atoms with Crippen LogP contribution in [0, 0.1) is 11.8 Å². The Labute approximate surface area is 112 Å². The van der Waals surface area contributed by atoms with Crippen LogP contribution in [-0.4, -0.2) is 24.2 Å². The first kappa shape index (κ1) is 13.4. The van der Waals surface area contributed by atoms with Crippen LogP contribution in [0.25, 0.3) is 0 Å². The van der Waals surface area contributed by atoms with Crippen LogP contribution < -0.4 is 5.32 Å². The molecule has 98 valence electrons. The minimum Gasteiger partial charge on any atom is -0.396 e. The van der Waals surface area contributed by atoms with E-state index in [1.165, 1.54) is 0 Å². The SMILES string of the molecule is C[C@H]1C[C@@H]1C(=O)NCC(CO)c1cccc(Cl)c1. The smallest absolute Gasteiger partial charge is 0.223 e. The third-order valence-corrected chi connectivity index (χ3v) is 3.74. The summed E-state index contributed by atoms with van der Waals surface area (Å²) in [6.45, 7) is 2.53. The molecule has 0 radical (unpaired) electrons. The highest BCUT2D eigenvalue weighted by Crippen LogP contribution is 2.37. The van der Waals surface area contributed by atoms with Gasteiger partial charge in [0.25, 0.3) is 0 Å². The zero-order valence-electron chi connectivity index (χ0n) is 10.4. The summed E-state index contributed by atoms with van der Waals surface area (Å²) in [7, 11) is 0. The Morgan fingerprint density at radius 3 is 2.89 bits per heavy atom. The van der Waals surface area contributed by atoms with Gasteiger partial charge in [-0.2, -0.15) is 0 Å². The fourth-order valence-corrected chi connectivity index (χ4v) is 2.29. The molecule has 0 saturated heterocycles. The van der Waals surface area contributed by atoms with Crippen molar-refractivity contribution in [1.82, 2.24) is 5.32 Å². The summed E-state index contributed by atoms with van der Waals surface area (Å²) in [5.41, 5.74) is 0.953. The number of aliphatic hydroxyl groups excluding tert-OH is 1. The summed E-state index contributed by atoms with van der Waals surface area (Å²) >= 11 is 5.92. The van der Waals surface area contributed by atoms with Crippen LogP contribution in [0.3, 0.4) is 0 Å². The molecule has 2 N–H and O–H groups in total. The maximum Gasteiger partial charge on any atom is 0.223 e. The zero-order valence-corrected chi connectivity index (χ0v) is 11.2. The number of hydrogen-bond donors (Lipinski definition) is 2. The number of hydrogen-bond acceptors (Lipinski definition) is 2. The maximum absolute atomic E-state index is 11.7. The average molecular weight is 268 g/mol. The predicted molar refractivity (Wildman–Crippen MR) is 71.6 cm³/mol. The molecule has 3 atom stereocenters. The first-order valence-electron chi connectivity index (χ1n) is 6.26. The lowest BCUT2D eigenvalue weighted by atomic mass is 10.00. The van der Waals surface area contributed by atoms with E-state index in [-0.39, 0.29) is 24.3 Å². The first-order chi connectivity index (χ1) is 8.61. The number of nitrogens with one attached hydrogen (secondary N) is 1. The Morgan fingerprint density at radius 2 is 2.33 bits per heavy atom. The van der Waals surface area contributed by atoms with Gasteiger partial charge in [0.05, 0.1) is 6.61 Å². The molecule has 0 heterocycles. The molecule has 1 unspecified atom stereocenters. The van der Waals surface area contributed by atoms with E-state index in [9.17, 15) is 9.90 Å². The molecule has 1 saturated carbocycles. The third kappa shape index (κ3) is 3.24. The summed E-state index contributed by atoms with van der Waals surface area (Å²) < 4.78 is 0. The number of rotatable bonds is 5. The average Bonchev–Trinajstić information content (AvgIpc) is 3.07. The van der Waals surface area contributed by atoms with Crippen molar-refractivity contribution in [2.24, 2.45) is 11.8 Å². The van der Waals surface area contributed by atoms with Crippen molar-refractivity contribution < 1.29 is 9.90 Å². The van der Waals surface area contributed by atoms with Crippen molar-refractivity contribution in [3.05, 3.63) is 34.9 Å². The second kappa shape index (κ2) is 5.72. The molecule has 1 amide bonds. The Kier molecular flexibility index (Phi) is 4.25. The minimum atomic E-state index is -0.0956. The summed E-state index contributed by atoms with van der Waals surface area (Å²) in [5, 5.41) is 12.9. The van der Waals surface area contributed by atoms with Gasteiger partial charge < -0.3 is 10.4 Å². The fraction of sp³-hybridized carbons (Fsp3) is 0.500. The number of amides is 1. The van der Waals surface area contributed by atoms with E-state index in [0.29, 0.717) is 17.5 Å². The Morgan fingerprint density at radius 1 is 1.61 bits per heavy atom. The van der Waals surface area contributed by atoms with Crippen LogP contribution in [-0.2, 0) is 4.79 Å². The molecular formula is C14H18ClNO2. The molecule has 3 nitrogen and oxygen atoms in total. The van der Waals surface area contributed by atoms with E-state index in [2.05, 4.69) is 12.2 Å². The standard InChI is InChI=1S/C14H18ClNO2/c1-9-5-13(9)14(18)16-7-11(8-17)10-3-2-4-12(15)6-10/h2-4,6,9,11,13,17H,5,7-8H2,1H3,(H,16,18)/t9-,11?,13-/m0/s1. The van der Waals surface area contributed by atoms with Gasteiger partial charge in [-0.3, -0.25) is 4.79 Å². The van der Waals surface area contributed by atoms with Crippen LogP contribution in [0.2, 0.25) is 5.02 Å². The van der Waals surface area contributed by atoms with Gasteiger partial charge in [-0.15, -0.1) is 0 Å². The van der Waals surface area contributed by atoms with Crippen molar-refractivity contribution in [3.63, 3.8) is 0 Å². The largest absolute Gasteiger partial charge is 0.396 e. The van der Waals surface area contributed by atoms with Crippen molar-refractivity contribution in [1.29, 1.82) is 0 Å². The fourth-order valence-electron chi connectivity index (χ4n) is 2.09. The highest BCUT2D eigenvalue weighted by molar-refractivity contribution is 6.30. The second-order valence-electron chi connectivity index (χ2n) is 5.00. The molecule has 1 aromatic carbocycles. The van der Waals surface area contributed by atoms with Crippen molar-refractivity contribution in [3.8, 4) is 0 Å². The van der Waals surface area contributed by atoms with E-state index < -0.39 is 0 Å². The van der Waals surface area contributed by atoms with Gasteiger partial charge >= 0.3 is 0 Å². The van der Waals surface area contributed by atoms with Crippen LogP contribution in [0.1, 0.15) is 24.8 Å². The number of carbonyl (C=O) groups excluding carboxylic acids is 1. The third-order valence-electron chi connectivity index (χ3n) is 3.51. The van der Waals surface area contributed by atoms with E-state index in [0.717, 1.165) is 12.0 Å². The first-order valence-corrected chi connectivity index (χ1v) is 6.63. The Bertz CT molecular complexity index is 436. The molecule has 4 heteroatoms. The summed E-state index contributed by atoms with van der Waals surface area (Å²) in [4.78, 5) is 11.7. The van der Waals surface area contributed by atoms with Gasteiger partial charge in [-0.25, -0.2) is 0 Å². The predicted octanol–water partition coefficient (Wildman–Crippen LogP) is 2.19. The van der Waals surface area contributed by atoms with Crippen LogP contribution in [0.5, 0.6) is 0 Å². The molecular weight excluding hydrogens is 250 g/mol. The van der Waals surface area contributed by atoms with Gasteiger partial charge in [0.2, 0.25) is 5.91 Å². The van der Waals surface area contributed by atoms with Crippen molar-refractivity contribution in [2.75, 3.05) is 13.2 Å². The number of carbonyl (C=O) groups is 1. The quantitative estimate of drug-likeness (QED) is 0.859. The van der Waals surface area contributed by atoms with E-state index in [4.69, 9.17) is 11.6 Å². The van der Waals surface area contributed by atoms with E-state index >= 15 is 0 Å². The highest BCUT2D eigenvalue weighted by atomic mass is 35.5. The van der Waals surface area contributed by atoms with Gasteiger partial charge in [-0.05, 0) is 30.0 Å². The second-order valence-corrected chi connectivity index (χ2v) is 5.44. The Balaban J connectivity index is 1.91. The molecule has 18 heavy (non-hydrogen) atoms. The molecule has 0 spiro atoms.